The van der Waals surface area contributed by atoms with E-state index in [0.29, 0.717) is 18.4 Å². The van der Waals surface area contributed by atoms with Crippen LogP contribution in [-0.2, 0) is 6.54 Å². The summed E-state index contributed by atoms with van der Waals surface area (Å²) < 4.78 is 1.47. The molecule has 17 heavy (non-hydrogen) atoms. The summed E-state index contributed by atoms with van der Waals surface area (Å²) >= 11 is 0. The van der Waals surface area contributed by atoms with Crippen LogP contribution in [0.2, 0.25) is 0 Å². The second-order valence-electron chi connectivity index (χ2n) is 4.74. The van der Waals surface area contributed by atoms with Gasteiger partial charge in [0.1, 0.15) is 5.82 Å². The highest BCUT2D eigenvalue weighted by Gasteiger charge is 2.18. The van der Waals surface area contributed by atoms with Crippen LogP contribution in [0.4, 0.5) is 5.82 Å². The zero-order chi connectivity index (χ0) is 12.3. The van der Waals surface area contributed by atoms with Gasteiger partial charge in [0.15, 0.2) is 0 Å². The third-order valence-electron chi connectivity index (χ3n) is 3.48. The fourth-order valence-corrected chi connectivity index (χ4v) is 2.41. The number of nitrogen functional groups attached to an aromatic ring is 1. The molecule has 0 aromatic carbocycles. The summed E-state index contributed by atoms with van der Waals surface area (Å²) in [7, 11) is 2.15. The zero-order valence-corrected chi connectivity index (χ0v) is 10.3. The molecule has 5 heteroatoms. The second-order valence-corrected chi connectivity index (χ2v) is 4.74. The van der Waals surface area contributed by atoms with Gasteiger partial charge in [0.05, 0.1) is 0 Å². The monoisotopic (exact) mass is 236 g/mol. The van der Waals surface area contributed by atoms with Crippen molar-refractivity contribution in [1.29, 1.82) is 0 Å². The summed E-state index contributed by atoms with van der Waals surface area (Å²) in [4.78, 5) is 13.9. The van der Waals surface area contributed by atoms with E-state index in [4.69, 9.17) is 5.73 Å². The lowest BCUT2D eigenvalue weighted by molar-refractivity contribution is 0.169. The summed E-state index contributed by atoms with van der Waals surface area (Å²) in [6.45, 7) is 1.81. The molecular weight excluding hydrogens is 216 g/mol. The molecule has 1 atom stereocenters. The van der Waals surface area contributed by atoms with Crippen molar-refractivity contribution in [3.8, 4) is 0 Å². The van der Waals surface area contributed by atoms with Gasteiger partial charge in [0, 0.05) is 18.7 Å². The highest BCUT2D eigenvalue weighted by molar-refractivity contribution is 5.23. The number of hydrogen-bond donors (Lipinski definition) is 1. The lowest BCUT2D eigenvalue weighted by Crippen LogP contribution is -2.37. The summed E-state index contributed by atoms with van der Waals surface area (Å²) in [5.41, 5.74) is 5.51. The maximum absolute atomic E-state index is 11.6. The Kier molecular flexibility index (Phi) is 3.78. The Hall–Kier alpha value is -1.36. The first-order chi connectivity index (χ1) is 8.16. The minimum absolute atomic E-state index is 0.0716. The molecule has 1 saturated heterocycles. The minimum atomic E-state index is -0.0716. The van der Waals surface area contributed by atoms with Crippen LogP contribution in [-0.4, -0.2) is 34.3 Å². The van der Waals surface area contributed by atoms with Gasteiger partial charge in [-0.2, -0.15) is 5.10 Å². The summed E-state index contributed by atoms with van der Waals surface area (Å²) in [5.74, 6) is 0.404. The number of likely N-dealkylation sites (tertiary alicyclic amines) is 1. The maximum Gasteiger partial charge on any atom is 0.266 e. The van der Waals surface area contributed by atoms with Crippen molar-refractivity contribution in [2.24, 2.45) is 0 Å². The van der Waals surface area contributed by atoms with Crippen LogP contribution in [0, 0.1) is 0 Å². The zero-order valence-electron chi connectivity index (χ0n) is 10.3. The van der Waals surface area contributed by atoms with Gasteiger partial charge >= 0.3 is 0 Å². The Balaban J connectivity index is 1.97. The smallest absolute Gasteiger partial charge is 0.266 e. The van der Waals surface area contributed by atoms with E-state index in [1.165, 1.54) is 30.0 Å². The van der Waals surface area contributed by atoms with Crippen molar-refractivity contribution >= 4 is 5.82 Å². The van der Waals surface area contributed by atoms with Crippen LogP contribution in [0.3, 0.4) is 0 Å². The van der Waals surface area contributed by atoms with E-state index in [1.54, 1.807) is 6.07 Å². The van der Waals surface area contributed by atoms with Crippen LogP contribution >= 0.6 is 0 Å². The standard InChI is InChI=1S/C12H20N4O/c1-15-8-3-2-4-10(15)7-9-16-12(17)6-5-11(13)14-16/h5-6,10H,2-4,7-9H2,1H3,(H2,13,14). The first kappa shape index (κ1) is 12.1. The molecule has 1 unspecified atom stereocenters. The Labute approximate surface area is 101 Å². The second kappa shape index (κ2) is 5.31. The number of aromatic nitrogens is 2. The number of piperidine rings is 1. The molecule has 0 bridgehead atoms. The van der Waals surface area contributed by atoms with Crippen LogP contribution < -0.4 is 11.3 Å². The first-order valence-corrected chi connectivity index (χ1v) is 6.21. The Morgan fingerprint density at radius 3 is 3.06 bits per heavy atom. The quantitative estimate of drug-likeness (QED) is 0.839. The van der Waals surface area contributed by atoms with Crippen molar-refractivity contribution in [3.63, 3.8) is 0 Å². The van der Waals surface area contributed by atoms with E-state index in [-0.39, 0.29) is 5.56 Å². The largest absolute Gasteiger partial charge is 0.382 e. The average molecular weight is 236 g/mol. The molecule has 0 spiro atoms. The highest BCUT2D eigenvalue weighted by Crippen LogP contribution is 2.17. The van der Waals surface area contributed by atoms with Crippen molar-refractivity contribution in [1.82, 2.24) is 14.7 Å². The van der Waals surface area contributed by atoms with Gasteiger partial charge < -0.3 is 10.6 Å². The molecule has 2 rings (SSSR count). The molecule has 1 aliphatic rings. The van der Waals surface area contributed by atoms with Crippen molar-refractivity contribution in [3.05, 3.63) is 22.5 Å². The van der Waals surface area contributed by atoms with Crippen LogP contribution in [0.5, 0.6) is 0 Å². The van der Waals surface area contributed by atoms with E-state index in [2.05, 4.69) is 17.0 Å². The maximum atomic E-state index is 11.6. The van der Waals surface area contributed by atoms with E-state index in [9.17, 15) is 4.79 Å². The predicted molar refractivity (Wildman–Crippen MR) is 67.8 cm³/mol. The fourth-order valence-electron chi connectivity index (χ4n) is 2.41. The topological polar surface area (TPSA) is 64.2 Å². The molecule has 1 fully saturated rings. The van der Waals surface area contributed by atoms with Crippen molar-refractivity contribution in [2.45, 2.75) is 38.3 Å². The number of nitrogens with two attached hydrogens (primary N) is 1. The number of aryl methyl sites for hydroxylation is 1. The van der Waals surface area contributed by atoms with Gasteiger partial charge in [0.2, 0.25) is 0 Å². The fraction of sp³-hybridized carbons (Fsp3) is 0.667. The van der Waals surface area contributed by atoms with Crippen molar-refractivity contribution < 1.29 is 0 Å². The molecule has 1 aromatic heterocycles. The Bertz CT molecular complexity index is 429. The van der Waals surface area contributed by atoms with Gasteiger partial charge in [-0.05, 0) is 38.9 Å². The third kappa shape index (κ3) is 3.06. The Morgan fingerprint density at radius 1 is 1.47 bits per heavy atom. The van der Waals surface area contributed by atoms with Crippen molar-refractivity contribution in [2.75, 3.05) is 19.3 Å². The molecule has 1 aliphatic heterocycles. The molecule has 0 saturated carbocycles. The summed E-state index contributed by atoms with van der Waals surface area (Å²) in [6, 6.07) is 3.59. The van der Waals surface area contributed by atoms with E-state index in [1.807, 2.05) is 0 Å². The van der Waals surface area contributed by atoms with Gasteiger partial charge in [0.25, 0.3) is 5.56 Å². The first-order valence-electron chi connectivity index (χ1n) is 6.21. The SMILES string of the molecule is CN1CCCCC1CCn1nc(N)ccc1=O. The average Bonchev–Trinajstić information content (AvgIpc) is 2.32. The molecule has 2 N–H and O–H groups in total. The lowest BCUT2D eigenvalue weighted by Gasteiger charge is -2.32. The highest BCUT2D eigenvalue weighted by atomic mass is 16.1. The molecule has 0 aliphatic carbocycles. The normalized spacial score (nSPS) is 21.6. The summed E-state index contributed by atoms with van der Waals surface area (Å²) in [5, 5.41) is 4.05. The van der Waals surface area contributed by atoms with Crippen LogP contribution in [0.25, 0.3) is 0 Å². The van der Waals surface area contributed by atoms with Gasteiger partial charge in [-0.15, -0.1) is 0 Å². The lowest BCUT2D eigenvalue weighted by atomic mass is 10.0. The van der Waals surface area contributed by atoms with Gasteiger partial charge in [-0.1, -0.05) is 6.42 Å². The molecule has 94 valence electrons. The predicted octanol–water partition coefficient (Wildman–Crippen LogP) is 0.700. The Morgan fingerprint density at radius 2 is 2.29 bits per heavy atom. The molecular formula is C12H20N4O. The van der Waals surface area contributed by atoms with E-state index >= 15 is 0 Å². The summed E-state index contributed by atoms with van der Waals surface area (Å²) in [6.07, 6.45) is 4.75. The van der Waals surface area contributed by atoms with Crippen LogP contribution in [0.1, 0.15) is 25.7 Å². The molecule has 0 amide bonds. The number of nitrogens with zero attached hydrogens (tertiary/aromatic N) is 3. The minimum Gasteiger partial charge on any atom is -0.382 e. The number of hydrogen-bond acceptors (Lipinski definition) is 4. The van der Waals surface area contributed by atoms with Gasteiger partial charge in [-0.3, -0.25) is 4.79 Å². The van der Waals surface area contributed by atoms with Gasteiger partial charge in [-0.25, -0.2) is 4.68 Å². The molecule has 0 radical (unpaired) electrons. The third-order valence-corrected chi connectivity index (χ3v) is 3.48. The molecule has 1 aromatic rings. The molecule has 5 nitrogen and oxygen atoms in total. The van der Waals surface area contributed by atoms with E-state index < -0.39 is 0 Å². The van der Waals surface area contributed by atoms with Crippen LogP contribution in [0.15, 0.2) is 16.9 Å². The number of rotatable bonds is 3. The number of anilines is 1. The van der Waals surface area contributed by atoms with E-state index in [0.717, 1.165) is 13.0 Å². The molecule has 2 heterocycles.